The number of hydrogen-bond acceptors (Lipinski definition) is 5. The van der Waals surface area contributed by atoms with Crippen molar-refractivity contribution in [3.63, 3.8) is 0 Å². The van der Waals surface area contributed by atoms with Crippen LogP contribution in [0.5, 0.6) is 0 Å². The molecule has 208 valence electrons. The zero-order valence-corrected chi connectivity index (χ0v) is 27.0. The molecule has 0 saturated heterocycles. The first-order valence-corrected chi connectivity index (χ1v) is 14.8. The van der Waals surface area contributed by atoms with Crippen LogP contribution in [-0.4, -0.2) is 92.8 Å². The molecule has 6 nitrogen and oxygen atoms in total. The minimum atomic E-state index is -0.821. The van der Waals surface area contributed by atoms with Crippen LogP contribution in [0.4, 0.5) is 5.69 Å². The number of carbonyl (C=O) groups excluding carboxylic acids is 2. The van der Waals surface area contributed by atoms with Gasteiger partial charge in [-0.15, -0.1) is 0 Å². The van der Waals surface area contributed by atoms with E-state index >= 15 is 0 Å². The Hall–Kier alpha value is -3.45. The lowest BCUT2D eigenvalue weighted by Crippen LogP contribution is -2.51. The van der Waals surface area contributed by atoms with Crippen molar-refractivity contribution in [3.8, 4) is 0 Å². The van der Waals surface area contributed by atoms with E-state index in [1.54, 1.807) is 6.20 Å². The van der Waals surface area contributed by atoms with E-state index in [-0.39, 0.29) is 28.7 Å². The van der Waals surface area contributed by atoms with Gasteiger partial charge in [0.2, 0.25) is 5.91 Å². The Balaban J connectivity index is 1.49. The summed E-state index contributed by atoms with van der Waals surface area (Å²) in [4.78, 5) is 31.1. The fourth-order valence-corrected chi connectivity index (χ4v) is 5.38. The van der Waals surface area contributed by atoms with Gasteiger partial charge in [-0.1, -0.05) is 63.8 Å². The predicted octanol–water partition coefficient (Wildman–Crippen LogP) is -5.53. The highest BCUT2D eigenvalue weighted by atomic mass is 16.5. The SMILES string of the molecule is Bc1nccc2cc(NC(=O)[C@@H](c3ccc(COC(=O)c4ccc(C(B)(B)B)cc4C(B)(B)B)cc3)C(B)(B)N)ccc12. The number of ether oxygens (including phenoxy) is 1. The third kappa shape index (κ3) is 7.75. The highest BCUT2D eigenvalue weighted by Gasteiger charge is 2.33. The second-order valence-electron chi connectivity index (χ2n) is 14.2. The normalized spacial score (nSPS) is 12.9. The maximum absolute atomic E-state index is 13.5. The van der Waals surface area contributed by atoms with Gasteiger partial charge in [-0.3, -0.25) is 9.78 Å². The van der Waals surface area contributed by atoms with Gasteiger partial charge >= 0.3 is 5.97 Å². The third-order valence-electron chi connectivity index (χ3n) is 7.83. The van der Waals surface area contributed by atoms with Crippen molar-refractivity contribution in [3.05, 3.63) is 101 Å². The topological polar surface area (TPSA) is 94.3 Å². The van der Waals surface area contributed by atoms with Gasteiger partial charge in [-0.2, -0.15) is 0 Å². The van der Waals surface area contributed by atoms with Crippen LogP contribution in [-0.2, 0) is 26.4 Å². The van der Waals surface area contributed by atoms with Gasteiger partial charge in [-0.05, 0) is 51.5 Å². The van der Waals surface area contributed by atoms with E-state index in [0.717, 1.165) is 33.1 Å². The summed E-state index contributed by atoms with van der Waals surface area (Å²) in [6.45, 7) is 0.123. The maximum atomic E-state index is 13.5. The van der Waals surface area contributed by atoms with Crippen LogP contribution in [0.3, 0.4) is 0 Å². The van der Waals surface area contributed by atoms with E-state index in [4.69, 9.17) is 10.5 Å². The Bertz CT molecular complexity index is 1670. The van der Waals surface area contributed by atoms with Gasteiger partial charge in [0.1, 0.15) is 22.3 Å². The molecule has 0 radical (unpaired) electrons. The van der Waals surface area contributed by atoms with Crippen molar-refractivity contribution in [2.24, 2.45) is 5.73 Å². The van der Waals surface area contributed by atoms with E-state index in [1.807, 2.05) is 84.2 Å². The number of esters is 1. The Kier molecular flexibility index (Phi) is 9.27. The Morgan fingerprint density at radius 1 is 0.860 bits per heavy atom. The molecule has 0 fully saturated rings. The number of fused-ring (bicyclic) bond motifs is 1. The Morgan fingerprint density at radius 3 is 2.14 bits per heavy atom. The number of nitrogens with one attached hydrogen (secondary N) is 1. The second kappa shape index (κ2) is 12.3. The fraction of sp³-hybridized carbons (Fsp3) is 0.179. The fourth-order valence-electron chi connectivity index (χ4n) is 5.38. The average Bonchev–Trinajstić information content (AvgIpc) is 2.90. The molecule has 4 rings (SSSR count). The highest BCUT2D eigenvalue weighted by molar-refractivity contribution is 6.60. The third-order valence-corrected chi connectivity index (χ3v) is 7.83. The molecular weight excluding hydrogens is 524 g/mol. The van der Waals surface area contributed by atoms with E-state index in [0.29, 0.717) is 11.3 Å². The first-order valence-electron chi connectivity index (χ1n) is 14.8. The summed E-state index contributed by atoms with van der Waals surface area (Å²) in [6.07, 6.45) is 1.76. The Labute approximate surface area is 263 Å². The van der Waals surface area contributed by atoms with Crippen LogP contribution in [0, 0.1) is 0 Å². The van der Waals surface area contributed by atoms with Gasteiger partial charge in [0.15, 0.2) is 7.85 Å². The maximum Gasteiger partial charge on any atom is 0.338 e. The lowest BCUT2D eigenvalue weighted by molar-refractivity contribution is -0.117. The van der Waals surface area contributed by atoms with Crippen molar-refractivity contribution in [2.75, 3.05) is 5.32 Å². The quantitative estimate of drug-likeness (QED) is 0.158. The molecule has 1 heterocycles. The lowest BCUT2D eigenvalue weighted by Gasteiger charge is -2.30. The van der Waals surface area contributed by atoms with Gasteiger partial charge in [-0.25, -0.2) is 4.79 Å². The van der Waals surface area contributed by atoms with E-state index in [1.165, 1.54) is 5.56 Å². The van der Waals surface area contributed by atoms with E-state index < -0.39 is 11.3 Å². The molecular formula is C28H36B9N3O3. The lowest BCUT2D eigenvalue weighted by atomic mass is 9.37. The number of nitrogens with two attached hydrogens (primary N) is 1. The molecule has 43 heavy (non-hydrogen) atoms. The number of pyridine rings is 1. The predicted molar refractivity (Wildman–Crippen MR) is 202 cm³/mol. The van der Waals surface area contributed by atoms with Crippen LogP contribution in [0.2, 0.25) is 0 Å². The first-order chi connectivity index (χ1) is 19.9. The molecule has 0 aliphatic carbocycles. The van der Waals surface area contributed by atoms with Gasteiger partial charge in [0.05, 0.1) is 58.6 Å². The van der Waals surface area contributed by atoms with Crippen LogP contribution < -0.4 is 16.6 Å². The van der Waals surface area contributed by atoms with Gasteiger partial charge in [0, 0.05) is 17.5 Å². The van der Waals surface area contributed by atoms with E-state index in [9.17, 15) is 9.59 Å². The minimum absolute atomic E-state index is 0.0245. The van der Waals surface area contributed by atoms with Crippen molar-refractivity contribution in [1.82, 2.24) is 4.98 Å². The number of anilines is 1. The monoisotopic (exact) mass is 561 g/mol. The van der Waals surface area contributed by atoms with Crippen LogP contribution >= 0.6 is 0 Å². The molecule has 1 aromatic heterocycles. The zero-order chi connectivity index (χ0) is 31.7. The zero-order valence-electron chi connectivity index (χ0n) is 27.0. The molecule has 4 aromatic rings. The summed E-state index contributed by atoms with van der Waals surface area (Å²) >= 11 is 0. The molecule has 0 saturated carbocycles. The first kappa shape index (κ1) is 32.5. The number of benzene rings is 3. The number of aromatic nitrogens is 1. The number of carbonyl (C=O) groups is 2. The molecule has 3 N–H and O–H groups in total. The summed E-state index contributed by atoms with van der Waals surface area (Å²) in [7, 11) is 18.5. The number of hydrogen-bond donors (Lipinski definition) is 2. The summed E-state index contributed by atoms with van der Waals surface area (Å²) in [6, 6.07) is 21.3. The standard InChI is InChI=1S/C28H36B9N3O3/c29-23-19-8-6-18(11-16(19)9-10-39-23)40-24(41)22(28(36,37)38)15-3-1-14(2-4-15)13-43-25(42)20-7-5-17(26(30,31)32)12-21(20)27(33,34)35/h1-12,22H,13,29-38H2,(H,40,41)/t22-/m1/s1. The van der Waals surface area contributed by atoms with Crippen LogP contribution in [0.25, 0.3) is 10.8 Å². The molecule has 0 aliphatic heterocycles. The van der Waals surface area contributed by atoms with Crippen molar-refractivity contribution in [1.29, 1.82) is 0 Å². The van der Waals surface area contributed by atoms with Crippen LogP contribution in [0.15, 0.2) is 72.9 Å². The highest BCUT2D eigenvalue weighted by Crippen LogP contribution is 2.28. The molecule has 1 amide bonds. The van der Waals surface area contributed by atoms with Crippen molar-refractivity contribution < 1.29 is 14.3 Å². The molecule has 0 bridgehead atoms. The van der Waals surface area contributed by atoms with Crippen molar-refractivity contribution >= 4 is 105 Å². The number of amides is 1. The van der Waals surface area contributed by atoms with E-state index in [2.05, 4.69) is 63.4 Å². The number of rotatable bonds is 9. The van der Waals surface area contributed by atoms with Gasteiger partial charge < -0.3 is 15.8 Å². The summed E-state index contributed by atoms with van der Waals surface area (Å²) < 4.78 is 5.77. The summed E-state index contributed by atoms with van der Waals surface area (Å²) in [5.74, 6) is -1.14. The summed E-state index contributed by atoms with van der Waals surface area (Å²) in [5.41, 5.74) is 12.5. The Morgan fingerprint density at radius 2 is 1.53 bits per heavy atom. The molecule has 0 spiro atoms. The average molecular weight is 560 g/mol. The molecule has 0 unspecified atom stereocenters. The largest absolute Gasteiger partial charge is 0.457 e. The minimum Gasteiger partial charge on any atom is -0.457 e. The second-order valence-corrected chi connectivity index (χ2v) is 14.2. The molecule has 3 aromatic carbocycles. The smallest absolute Gasteiger partial charge is 0.338 e. The van der Waals surface area contributed by atoms with Crippen molar-refractivity contribution in [2.45, 2.75) is 28.1 Å². The van der Waals surface area contributed by atoms with Crippen LogP contribution in [0.1, 0.15) is 38.5 Å². The molecule has 0 aliphatic rings. The number of nitrogens with zero attached hydrogens (tertiary/aromatic N) is 1. The molecule has 15 heteroatoms. The van der Waals surface area contributed by atoms with Gasteiger partial charge in [0.25, 0.3) is 0 Å². The molecule has 1 atom stereocenters. The summed E-state index contributed by atoms with van der Waals surface area (Å²) in [5, 5.41) is 4.04.